The average molecular weight is 886 g/mol. The van der Waals surface area contributed by atoms with E-state index in [0.29, 0.717) is 18.8 Å². The van der Waals surface area contributed by atoms with Crippen molar-refractivity contribution in [1.82, 2.24) is 49.9 Å². The van der Waals surface area contributed by atoms with E-state index in [-0.39, 0.29) is 18.0 Å². The molecule has 6 heterocycles. The fourth-order valence-electron chi connectivity index (χ4n) is 8.79. The van der Waals surface area contributed by atoms with Crippen molar-refractivity contribution < 1.29 is 14.7 Å². The van der Waals surface area contributed by atoms with Gasteiger partial charge in [-0.3, -0.25) is 24.6 Å². The quantitative estimate of drug-likeness (QED) is 0.131. The van der Waals surface area contributed by atoms with E-state index < -0.39 is 5.97 Å². The molecule has 63 heavy (non-hydrogen) atoms. The van der Waals surface area contributed by atoms with Crippen molar-refractivity contribution in [2.45, 2.75) is 37.8 Å². The number of aliphatic carboxylic acids is 1. The lowest BCUT2D eigenvalue weighted by Gasteiger charge is -2.39. The summed E-state index contributed by atoms with van der Waals surface area (Å²) in [6.07, 6.45) is 20.0. The predicted octanol–water partition coefficient (Wildman–Crippen LogP) is 6.84. The number of aryl methyl sites for hydroxylation is 4. The van der Waals surface area contributed by atoms with Crippen LogP contribution in [0.4, 0.5) is 0 Å². The van der Waals surface area contributed by atoms with E-state index >= 15 is 0 Å². The van der Waals surface area contributed by atoms with Crippen LogP contribution >= 0.6 is 23.2 Å². The summed E-state index contributed by atoms with van der Waals surface area (Å²) in [5.74, 6) is -0.935. The van der Waals surface area contributed by atoms with Crippen molar-refractivity contribution >= 4 is 47.2 Å². The van der Waals surface area contributed by atoms with Gasteiger partial charge in [-0.1, -0.05) is 47.5 Å². The first-order valence-electron chi connectivity index (χ1n) is 21.3. The van der Waals surface area contributed by atoms with Crippen molar-refractivity contribution in [2.24, 2.45) is 0 Å². The number of piperazine rings is 2. The zero-order valence-corrected chi connectivity index (χ0v) is 36.3. The second-order valence-corrected chi connectivity index (χ2v) is 16.6. The number of carboxylic acids is 1. The molecule has 2 unspecified atom stereocenters. The van der Waals surface area contributed by atoms with Crippen LogP contribution in [0.15, 0.2) is 110 Å². The fourth-order valence-corrected chi connectivity index (χ4v) is 9.18. The summed E-state index contributed by atoms with van der Waals surface area (Å²) >= 11 is 12.5. The number of pyridine rings is 2. The Kier molecular flexibility index (Phi) is 14.5. The van der Waals surface area contributed by atoms with Gasteiger partial charge in [0.05, 0.1) is 59.9 Å². The van der Waals surface area contributed by atoms with Gasteiger partial charge >= 0.3 is 5.97 Å². The second-order valence-electron chi connectivity index (χ2n) is 15.8. The Morgan fingerprint density at radius 3 is 1.62 bits per heavy atom. The molecule has 2 aliphatic carbocycles. The molecule has 15 heteroatoms. The highest BCUT2D eigenvalue weighted by molar-refractivity contribution is 6.31. The molecular formula is C48H50Cl2N10O3. The smallest absolute Gasteiger partial charge is 0.328 e. The third-order valence-corrected chi connectivity index (χ3v) is 12.3. The molecular weight excluding hydrogens is 836 g/mol. The average Bonchev–Trinajstić information content (AvgIpc) is 3.99. The maximum absolute atomic E-state index is 12.6. The number of aromatic nitrogens is 6. The fraction of sp³-hybridized carbons (Fsp3) is 0.292. The Morgan fingerprint density at radius 2 is 1.13 bits per heavy atom. The van der Waals surface area contributed by atoms with Crippen LogP contribution in [0, 0.1) is 0 Å². The lowest BCUT2D eigenvalue weighted by Crippen LogP contribution is -2.49. The summed E-state index contributed by atoms with van der Waals surface area (Å²) in [6, 6.07) is 21.4. The number of hydrogen-bond donors (Lipinski definition) is 4. The molecule has 0 radical (unpaired) electrons. The summed E-state index contributed by atoms with van der Waals surface area (Å²) in [7, 11) is 0. The maximum Gasteiger partial charge on any atom is 0.328 e. The van der Waals surface area contributed by atoms with Crippen LogP contribution in [0.2, 0.25) is 10.0 Å². The number of benzene rings is 2. The van der Waals surface area contributed by atoms with Crippen LogP contribution in [0.3, 0.4) is 0 Å². The molecule has 0 spiro atoms. The minimum atomic E-state index is -0.963. The van der Waals surface area contributed by atoms with Crippen LogP contribution in [0.5, 0.6) is 0 Å². The summed E-state index contributed by atoms with van der Waals surface area (Å²) in [5.41, 5.74) is 11.8. The normalized spacial score (nSPS) is 18.7. The maximum atomic E-state index is 12.6. The van der Waals surface area contributed by atoms with E-state index in [2.05, 4.69) is 77.5 Å². The summed E-state index contributed by atoms with van der Waals surface area (Å²) in [5, 5.41) is 13.2. The molecule has 2 fully saturated rings. The number of amides is 1. The van der Waals surface area contributed by atoms with Crippen LogP contribution in [-0.4, -0.2) is 114 Å². The standard InChI is InChI=1S/C24H24ClN5O.C18H20ClN3.C6H6N2O2/c25-19-5-7-21-18(14-19)4-3-17-2-1-9-27-23(17)24(21)30-12-10-29(11-13-30)22(31)8-6-20-15-26-16-28-20;19-15-5-6-16-14(12-15)4-3-13-2-1-7-21-17(13)18(16)22-10-8-20-9-11-22;9-6(10)2-1-5-3-7-4-8-5/h1-2,5-9,14-16,24H,3-4,10-13H2,(H,26,28);1-2,5-7,12,18,20H,3-4,8-11H2;1-4H,(H,7,8)(H,9,10)/b8-6+;;2-1+. The van der Waals surface area contributed by atoms with Gasteiger partial charge in [-0.2, -0.15) is 0 Å². The molecule has 324 valence electrons. The van der Waals surface area contributed by atoms with Crippen molar-refractivity contribution in [3.63, 3.8) is 0 Å². The predicted molar refractivity (Wildman–Crippen MR) is 245 cm³/mol. The number of H-pyrrole nitrogens is 2. The SMILES string of the molecule is Clc1ccc2c(c1)CCc1cccnc1C2N1CCNCC1.O=C(/C=C/c1cnc[nH]1)N1CCN(C2c3ccc(Cl)cc3CCc3cccnc32)CC1.O=C(O)/C=C/c1cnc[nH]1. The van der Waals surface area contributed by atoms with E-state index in [9.17, 15) is 9.59 Å². The van der Waals surface area contributed by atoms with Crippen LogP contribution in [-0.2, 0) is 35.3 Å². The number of carbonyl (C=O) groups excluding carboxylic acids is 1. The monoisotopic (exact) mass is 884 g/mol. The molecule has 0 bridgehead atoms. The number of carbonyl (C=O) groups is 2. The van der Waals surface area contributed by atoms with Crippen molar-refractivity contribution in [3.05, 3.63) is 176 Å². The molecule has 4 N–H and O–H groups in total. The molecule has 6 aromatic rings. The van der Waals surface area contributed by atoms with Crippen molar-refractivity contribution in [1.29, 1.82) is 0 Å². The molecule has 4 aromatic heterocycles. The Hall–Kier alpha value is -5.96. The van der Waals surface area contributed by atoms with Crippen molar-refractivity contribution in [3.8, 4) is 0 Å². The van der Waals surface area contributed by atoms with E-state index in [1.165, 1.54) is 51.5 Å². The third-order valence-electron chi connectivity index (χ3n) is 11.9. The first kappa shape index (κ1) is 43.7. The number of fused-ring (bicyclic) bond motifs is 4. The zero-order chi connectivity index (χ0) is 43.5. The number of nitrogens with one attached hydrogen (secondary N) is 3. The van der Waals surface area contributed by atoms with Gasteiger partial charge in [0, 0.05) is 86.9 Å². The van der Waals surface area contributed by atoms with Crippen LogP contribution in [0.25, 0.3) is 12.2 Å². The first-order valence-corrected chi connectivity index (χ1v) is 22.0. The Labute approximate surface area is 376 Å². The number of carboxylic acid groups (broad SMARTS) is 1. The van der Waals surface area contributed by atoms with Gasteiger partial charge in [-0.25, -0.2) is 14.8 Å². The molecule has 2 aromatic carbocycles. The minimum absolute atomic E-state index is 0.0285. The highest BCUT2D eigenvalue weighted by atomic mass is 35.5. The molecule has 10 rings (SSSR count). The number of rotatable bonds is 6. The van der Waals surface area contributed by atoms with Crippen LogP contribution < -0.4 is 5.32 Å². The molecule has 13 nitrogen and oxygen atoms in total. The van der Waals surface area contributed by atoms with E-state index in [1.807, 2.05) is 35.5 Å². The van der Waals surface area contributed by atoms with E-state index in [0.717, 1.165) is 92.5 Å². The third kappa shape index (κ3) is 11.0. The Bertz CT molecular complexity index is 2530. The summed E-state index contributed by atoms with van der Waals surface area (Å²) in [4.78, 5) is 52.4. The summed E-state index contributed by atoms with van der Waals surface area (Å²) in [6.45, 7) is 7.18. The lowest BCUT2D eigenvalue weighted by atomic mass is 9.96. The molecule has 1 amide bonds. The van der Waals surface area contributed by atoms with Gasteiger partial charge in [-0.05, 0) is 108 Å². The van der Waals surface area contributed by atoms with Crippen LogP contribution in [0.1, 0.15) is 68.2 Å². The van der Waals surface area contributed by atoms with Gasteiger partial charge in [0.15, 0.2) is 0 Å². The van der Waals surface area contributed by atoms with Crippen molar-refractivity contribution in [2.75, 3.05) is 52.4 Å². The molecule has 2 aliphatic heterocycles. The topological polar surface area (TPSA) is 159 Å². The largest absolute Gasteiger partial charge is 0.478 e. The first-order chi connectivity index (χ1) is 30.8. The van der Waals surface area contributed by atoms with E-state index in [1.54, 1.807) is 30.9 Å². The molecule has 2 saturated heterocycles. The number of nitrogens with zero attached hydrogens (tertiary/aromatic N) is 7. The highest BCUT2D eigenvalue weighted by Gasteiger charge is 2.33. The van der Waals surface area contributed by atoms with E-state index in [4.69, 9.17) is 38.3 Å². The zero-order valence-electron chi connectivity index (χ0n) is 34.8. The van der Waals surface area contributed by atoms with Gasteiger partial charge in [0.1, 0.15) is 0 Å². The number of aromatic amines is 2. The number of imidazole rings is 2. The van der Waals surface area contributed by atoms with Gasteiger partial charge in [-0.15, -0.1) is 0 Å². The Balaban J connectivity index is 0.000000147. The Morgan fingerprint density at radius 1 is 0.635 bits per heavy atom. The second kappa shape index (κ2) is 20.9. The minimum Gasteiger partial charge on any atom is -0.478 e. The van der Waals surface area contributed by atoms with Gasteiger partial charge in [0.25, 0.3) is 0 Å². The number of halogens is 2. The highest BCUT2D eigenvalue weighted by Crippen LogP contribution is 2.38. The van der Waals surface area contributed by atoms with Gasteiger partial charge < -0.3 is 25.3 Å². The molecule has 4 aliphatic rings. The van der Waals surface area contributed by atoms with Gasteiger partial charge in [0.2, 0.25) is 5.91 Å². The molecule has 0 saturated carbocycles. The summed E-state index contributed by atoms with van der Waals surface area (Å²) < 4.78 is 0. The lowest BCUT2D eigenvalue weighted by molar-refractivity contribution is -0.131. The molecule has 2 atom stereocenters. The number of hydrogen-bond acceptors (Lipinski definition) is 9.